The van der Waals surface area contributed by atoms with E-state index in [2.05, 4.69) is 21.2 Å². The van der Waals surface area contributed by atoms with Crippen LogP contribution in [0.1, 0.15) is 31.2 Å². The molecule has 0 aromatic heterocycles. The van der Waals surface area contributed by atoms with E-state index in [9.17, 15) is 13.2 Å². The van der Waals surface area contributed by atoms with E-state index >= 15 is 0 Å². The molecule has 0 radical (unpaired) electrons. The van der Waals surface area contributed by atoms with Crippen molar-refractivity contribution in [3.8, 4) is 0 Å². The Kier molecular flexibility index (Phi) is 4.40. The Balaban J connectivity index is 2.20. The van der Waals surface area contributed by atoms with Crippen molar-refractivity contribution in [2.75, 3.05) is 5.32 Å². The monoisotopic (exact) mass is 336 g/mol. The molecule has 0 bridgehead atoms. The number of halogens is 4. The fourth-order valence-electron chi connectivity index (χ4n) is 2.46. The molecule has 1 fully saturated rings. The molecule has 0 heterocycles. The molecule has 19 heavy (non-hydrogen) atoms. The summed E-state index contributed by atoms with van der Waals surface area (Å²) < 4.78 is 39.3. The third-order valence-electron chi connectivity index (χ3n) is 3.36. The van der Waals surface area contributed by atoms with E-state index < -0.39 is 11.7 Å². The standard InChI is InChI=1S/C13H16BrF3N2/c14-8-4-5-12(11(6-8)13(15,16)17)19-10-3-1-2-9(18)7-10/h4-6,9-10,19H,1-3,7,18H2. The van der Waals surface area contributed by atoms with Crippen molar-refractivity contribution in [2.24, 2.45) is 5.73 Å². The van der Waals surface area contributed by atoms with Crippen molar-refractivity contribution in [1.29, 1.82) is 0 Å². The first-order chi connectivity index (χ1) is 8.86. The van der Waals surface area contributed by atoms with Crippen molar-refractivity contribution in [2.45, 2.75) is 43.9 Å². The summed E-state index contributed by atoms with van der Waals surface area (Å²) in [6, 6.07) is 4.28. The van der Waals surface area contributed by atoms with Crippen molar-refractivity contribution in [3.05, 3.63) is 28.2 Å². The molecule has 3 N–H and O–H groups in total. The zero-order valence-corrected chi connectivity index (χ0v) is 11.9. The zero-order chi connectivity index (χ0) is 14.0. The topological polar surface area (TPSA) is 38.0 Å². The molecule has 2 atom stereocenters. The van der Waals surface area contributed by atoms with Crippen LogP contribution in [0.3, 0.4) is 0 Å². The fraction of sp³-hybridized carbons (Fsp3) is 0.538. The third-order valence-corrected chi connectivity index (χ3v) is 3.85. The average Bonchev–Trinajstić information content (AvgIpc) is 2.30. The van der Waals surface area contributed by atoms with Gasteiger partial charge in [0.1, 0.15) is 0 Å². The zero-order valence-electron chi connectivity index (χ0n) is 10.3. The number of alkyl halides is 3. The summed E-state index contributed by atoms with van der Waals surface area (Å²) in [5.41, 5.74) is 5.35. The van der Waals surface area contributed by atoms with Crippen LogP contribution in [0.5, 0.6) is 0 Å². The van der Waals surface area contributed by atoms with Gasteiger partial charge in [0.05, 0.1) is 5.56 Å². The summed E-state index contributed by atoms with van der Waals surface area (Å²) in [5.74, 6) is 0. The second kappa shape index (κ2) is 5.71. The molecule has 0 amide bonds. The Bertz CT molecular complexity index is 448. The molecule has 0 saturated heterocycles. The maximum Gasteiger partial charge on any atom is 0.418 e. The highest BCUT2D eigenvalue weighted by Crippen LogP contribution is 2.37. The molecule has 6 heteroatoms. The maximum absolute atomic E-state index is 13.0. The van der Waals surface area contributed by atoms with E-state index in [0.717, 1.165) is 25.3 Å². The number of rotatable bonds is 2. The first-order valence-electron chi connectivity index (χ1n) is 6.25. The van der Waals surface area contributed by atoms with Gasteiger partial charge in [0, 0.05) is 22.2 Å². The Hall–Kier alpha value is -0.750. The molecular weight excluding hydrogens is 321 g/mol. The normalized spacial score (nSPS) is 24.3. The van der Waals surface area contributed by atoms with Gasteiger partial charge < -0.3 is 11.1 Å². The van der Waals surface area contributed by atoms with E-state index in [0.29, 0.717) is 10.9 Å². The highest BCUT2D eigenvalue weighted by atomic mass is 79.9. The van der Waals surface area contributed by atoms with Crippen LogP contribution in [0.4, 0.5) is 18.9 Å². The van der Waals surface area contributed by atoms with Gasteiger partial charge in [0.2, 0.25) is 0 Å². The molecule has 1 saturated carbocycles. The van der Waals surface area contributed by atoms with Gasteiger partial charge >= 0.3 is 6.18 Å². The van der Waals surface area contributed by atoms with Gasteiger partial charge in [-0.3, -0.25) is 0 Å². The Morgan fingerprint density at radius 2 is 2.00 bits per heavy atom. The number of nitrogens with one attached hydrogen (secondary N) is 1. The first kappa shape index (κ1) is 14.7. The summed E-state index contributed by atoms with van der Waals surface area (Å²) in [6.07, 6.45) is -0.876. The molecule has 2 unspecified atom stereocenters. The lowest BCUT2D eigenvalue weighted by molar-refractivity contribution is -0.137. The predicted molar refractivity (Wildman–Crippen MR) is 73.0 cm³/mol. The van der Waals surface area contributed by atoms with Crippen LogP contribution in [0.2, 0.25) is 0 Å². The number of anilines is 1. The van der Waals surface area contributed by atoms with Crippen LogP contribution in [0, 0.1) is 0 Å². The molecule has 2 nitrogen and oxygen atoms in total. The van der Waals surface area contributed by atoms with Crippen molar-refractivity contribution >= 4 is 21.6 Å². The molecule has 1 aromatic rings. The third kappa shape index (κ3) is 3.86. The van der Waals surface area contributed by atoms with E-state index in [4.69, 9.17) is 5.73 Å². The molecule has 1 aliphatic carbocycles. The number of hydrogen-bond acceptors (Lipinski definition) is 2. The second-order valence-corrected chi connectivity index (χ2v) is 5.87. The van der Waals surface area contributed by atoms with Gasteiger partial charge in [-0.25, -0.2) is 0 Å². The lowest BCUT2D eigenvalue weighted by Gasteiger charge is -2.29. The van der Waals surface area contributed by atoms with Crippen molar-refractivity contribution < 1.29 is 13.2 Å². The molecular formula is C13H16BrF3N2. The van der Waals surface area contributed by atoms with E-state index in [-0.39, 0.29) is 17.8 Å². The smallest absolute Gasteiger partial charge is 0.382 e. The SMILES string of the molecule is NC1CCCC(Nc2ccc(Br)cc2C(F)(F)F)C1. The van der Waals surface area contributed by atoms with Gasteiger partial charge in [0.25, 0.3) is 0 Å². The number of nitrogens with two attached hydrogens (primary N) is 1. The van der Waals surface area contributed by atoms with Crippen LogP contribution < -0.4 is 11.1 Å². The average molecular weight is 337 g/mol. The van der Waals surface area contributed by atoms with Crippen molar-refractivity contribution in [3.63, 3.8) is 0 Å². The Labute approximate surface area is 118 Å². The van der Waals surface area contributed by atoms with E-state index in [1.165, 1.54) is 6.07 Å². The van der Waals surface area contributed by atoms with Gasteiger partial charge in [-0.2, -0.15) is 13.2 Å². The van der Waals surface area contributed by atoms with E-state index in [1.807, 2.05) is 0 Å². The molecule has 0 aliphatic heterocycles. The lowest BCUT2D eigenvalue weighted by atomic mass is 9.91. The minimum absolute atomic E-state index is 0.0195. The quantitative estimate of drug-likeness (QED) is 0.851. The van der Waals surface area contributed by atoms with Crippen LogP contribution in [-0.2, 0) is 6.18 Å². The number of hydrogen-bond donors (Lipinski definition) is 2. The van der Waals surface area contributed by atoms with Crippen LogP contribution in [-0.4, -0.2) is 12.1 Å². The number of benzene rings is 1. The molecule has 1 aromatic carbocycles. The molecule has 106 valence electrons. The minimum Gasteiger partial charge on any atom is -0.382 e. The van der Waals surface area contributed by atoms with Gasteiger partial charge in [0.15, 0.2) is 0 Å². The summed E-state index contributed by atoms with van der Waals surface area (Å²) in [5, 5.41) is 2.99. The van der Waals surface area contributed by atoms with Crippen LogP contribution >= 0.6 is 15.9 Å². The van der Waals surface area contributed by atoms with Crippen LogP contribution in [0.25, 0.3) is 0 Å². The highest BCUT2D eigenvalue weighted by molar-refractivity contribution is 9.10. The molecule has 0 spiro atoms. The second-order valence-electron chi connectivity index (χ2n) is 4.96. The van der Waals surface area contributed by atoms with E-state index in [1.54, 1.807) is 6.07 Å². The summed E-state index contributed by atoms with van der Waals surface area (Å²) in [6.45, 7) is 0. The van der Waals surface area contributed by atoms with Gasteiger partial charge in [-0.15, -0.1) is 0 Å². The molecule has 2 rings (SSSR count). The summed E-state index contributed by atoms with van der Waals surface area (Å²) in [7, 11) is 0. The molecule has 1 aliphatic rings. The highest BCUT2D eigenvalue weighted by Gasteiger charge is 2.34. The van der Waals surface area contributed by atoms with Crippen LogP contribution in [0.15, 0.2) is 22.7 Å². The summed E-state index contributed by atoms with van der Waals surface area (Å²) >= 11 is 3.08. The predicted octanol–water partition coefficient (Wildman–Crippen LogP) is 4.15. The maximum atomic E-state index is 13.0. The largest absolute Gasteiger partial charge is 0.418 e. The van der Waals surface area contributed by atoms with Gasteiger partial charge in [-0.1, -0.05) is 15.9 Å². The Morgan fingerprint density at radius 1 is 1.26 bits per heavy atom. The van der Waals surface area contributed by atoms with Gasteiger partial charge in [-0.05, 0) is 43.9 Å². The first-order valence-corrected chi connectivity index (χ1v) is 7.04. The Morgan fingerprint density at radius 3 is 2.63 bits per heavy atom. The van der Waals surface area contributed by atoms with Crippen molar-refractivity contribution in [1.82, 2.24) is 0 Å². The minimum atomic E-state index is -4.36. The summed E-state index contributed by atoms with van der Waals surface area (Å²) in [4.78, 5) is 0. The lowest BCUT2D eigenvalue weighted by Crippen LogP contribution is -2.35. The fourth-order valence-corrected chi connectivity index (χ4v) is 2.82.